The first-order chi connectivity index (χ1) is 14.6. The van der Waals surface area contributed by atoms with Gasteiger partial charge in [0.2, 0.25) is 5.91 Å². The molecule has 30 heavy (non-hydrogen) atoms. The van der Waals surface area contributed by atoms with Gasteiger partial charge in [-0.15, -0.1) is 0 Å². The fourth-order valence-electron chi connectivity index (χ4n) is 4.01. The molecule has 0 N–H and O–H groups in total. The topological polar surface area (TPSA) is 85.1 Å². The second kappa shape index (κ2) is 9.30. The van der Waals surface area contributed by atoms with E-state index in [1.165, 1.54) is 6.26 Å². The van der Waals surface area contributed by atoms with Crippen LogP contribution in [0.15, 0.2) is 41.0 Å². The Morgan fingerprint density at radius 1 is 1.13 bits per heavy atom. The average molecular weight is 413 g/mol. The van der Waals surface area contributed by atoms with Gasteiger partial charge in [-0.2, -0.15) is 0 Å². The molecule has 2 saturated heterocycles. The lowest BCUT2D eigenvalue weighted by Crippen LogP contribution is -2.50. The number of ether oxygens (including phenoxy) is 2. The van der Waals surface area contributed by atoms with Crippen LogP contribution in [0, 0.1) is 12.8 Å². The first-order valence-corrected chi connectivity index (χ1v) is 10.4. The van der Waals surface area contributed by atoms with E-state index < -0.39 is 0 Å². The first kappa shape index (κ1) is 20.4. The molecular formula is C22H27N3O5. The van der Waals surface area contributed by atoms with Crippen molar-refractivity contribution in [3.63, 3.8) is 0 Å². The van der Waals surface area contributed by atoms with Crippen molar-refractivity contribution in [2.45, 2.75) is 25.9 Å². The van der Waals surface area contributed by atoms with Crippen molar-refractivity contribution >= 4 is 11.8 Å². The van der Waals surface area contributed by atoms with Crippen molar-refractivity contribution in [1.82, 2.24) is 14.8 Å². The van der Waals surface area contributed by atoms with Crippen molar-refractivity contribution in [3.05, 3.63) is 48.2 Å². The van der Waals surface area contributed by atoms with Gasteiger partial charge in [0, 0.05) is 51.9 Å². The third-order valence-electron chi connectivity index (χ3n) is 5.62. The summed E-state index contributed by atoms with van der Waals surface area (Å²) < 4.78 is 16.8. The maximum atomic E-state index is 12.9. The molecule has 2 amide bonds. The van der Waals surface area contributed by atoms with Gasteiger partial charge in [0.25, 0.3) is 5.91 Å². The van der Waals surface area contributed by atoms with E-state index in [4.69, 9.17) is 13.9 Å². The lowest BCUT2D eigenvalue weighted by molar-refractivity contribution is -0.137. The number of morpholine rings is 1. The number of likely N-dealkylation sites (tertiary alicyclic amines) is 1. The number of carbonyl (C=O) groups is 2. The Hall–Kier alpha value is -2.87. The van der Waals surface area contributed by atoms with Crippen molar-refractivity contribution < 1.29 is 23.5 Å². The number of carbonyl (C=O) groups excluding carboxylic acids is 2. The lowest BCUT2D eigenvalue weighted by Gasteiger charge is -2.39. The number of amides is 2. The summed E-state index contributed by atoms with van der Waals surface area (Å²) in [5, 5.41) is 0. The average Bonchev–Trinajstić information content (AvgIpc) is 3.22. The number of hydrogen-bond acceptors (Lipinski definition) is 6. The Balaban J connectivity index is 1.47. The molecule has 1 aromatic heterocycles. The van der Waals surface area contributed by atoms with Gasteiger partial charge >= 0.3 is 0 Å². The molecule has 0 saturated carbocycles. The van der Waals surface area contributed by atoms with E-state index in [-0.39, 0.29) is 23.8 Å². The van der Waals surface area contributed by atoms with Gasteiger partial charge in [-0.3, -0.25) is 9.59 Å². The number of nitrogens with zero attached hydrogens (tertiary/aromatic N) is 3. The highest BCUT2D eigenvalue weighted by molar-refractivity contribution is 5.92. The molecule has 2 atom stereocenters. The Labute approximate surface area is 175 Å². The van der Waals surface area contributed by atoms with Gasteiger partial charge < -0.3 is 23.7 Å². The number of piperidine rings is 1. The summed E-state index contributed by atoms with van der Waals surface area (Å²) in [4.78, 5) is 33.5. The van der Waals surface area contributed by atoms with Crippen LogP contribution in [0.2, 0.25) is 0 Å². The van der Waals surface area contributed by atoms with Crippen LogP contribution in [0.4, 0.5) is 0 Å². The normalized spacial score (nSPS) is 22.0. The molecule has 0 aliphatic carbocycles. The SMILES string of the molecule is Cc1nc(C(=O)N2CC[C@H](Oc3ccccc3)[C@@H](CC(=O)N3CCOCC3)C2)co1. The number of para-hydroxylation sites is 1. The van der Waals surface area contributed by atoms with Crippen LogP contribution in [0.25, 0.3) is 0 Å². The van der Waals surface area contributed by atoms with Gasteiger partial charge in [0.05, 0.1) is 13.2 Å². The molecule has 0 unspecified atom stereocenters. The summed E-state index contributed by atoms with van der Waals surface area (Å²) in [6, 6.07) is 9.62. The summed E-state index contributed by atoms with van der Waals surface area (Å²) in [5.74, 6) is 1.04. The molecule has 8 nitrogen and oxygen atoms in total. The van der Waals surface area contributed by atoms with Crippen LogP contribution in [0.1, 0.15) is 29.2 Å². The maximum absolute atomic E-state index is 12.9. The van der Waals surface area contributed by atoms with Crippen LogP contribution in [0.5, 0.6) is 5.75 Å². The zero-order valence-electron chi connectivity index (χ0n) is 17.2. The molecular weight excluding hydrogens is 386 g/mol. The van der Waals surface area contributed by atoms with Crippen LogP contribution in [0.3, 0.4) is 0 Å². The highest BCUT2D eigenvalue weighted by Gasteiger charge is 2.36. The molecule has 3 heterocycles. The number of benzene rings is 1. The van der Waals surface area contributed by atoms with E-state index in [2.05, 4.69) is 4.98 Å². The number of aryl methyl sites for hydroxylation is 1. The fraction of sp³-hybridized carbons (Fsp3) is 0.500. The monoisotopic (exact) mass is 413 g/mol. The second-order valence-electron chi connectivity index (χ2n) is 7.72. The summed E-state index contributed by atoms with van der Waals surface area (Å²) in [6.45, 7) is 5.05. The molecule has 2 aromatic rings. The van der Waals surface area contributed by atoms with E-state index in [0.29, 0.717) is 63.8 Å². The third kappa shape index (κ3) is 4.81. The molecule has 2 fully saturated rings. The van der Waals surface area contributed by atoms with Crippen LogP contribution >= 0.6 is 0 Å². The van der Waals surface area contributed by atoms with E-state index in [1.807, 2.05) is 35.2 Å². The predicted octanol–water partition coefficient (Wildman–Crippen LogP) is 2.14. The Bertz CT molecular complexity index is 863. The molecule has 1 aromatic carbocycles. The lowest BCUT2D eigenvalue weighted by atomic mass is 9.90. The van der Waals surface area contributed by atoms with E-state index in [0.717, 1.165) is 5.75 Å². The van der Waals surface area contributed by atoms with Crippen molar-refractivity contribution in [3.8, 4) is 5.75 Å². The molecule has 160 valence electrons. The van der Waals surface area contributed by atoms with Gasteiger partial charge in [-0.25, -0.2) is 4.98 Å². The molecule has 0 bridgehead atoms. The minimum atomic E-state index is -0.172. The maximum Gasteiger partial charge on any atom is 0.275 e. The Kier molecular flexibility index (Phi) is 6.32. The largest absolute Gasteiger partial charge is 0.490 e. The molecule has 2 aliphatic rings. The number of oxazole rings is 1. The van der Waals surface area contributed by atoms with Crippen LogP contribution in [-0.4, -0.2) is 72.1 Å². The molecule has 0 spiro atoms. The van der Waals surface area contributed by atoms with E-state index in [1.54, 1.807) is 11.8 Å². The van der Waals surface area contributed by atoms with Gasteiger partial charge in [0.1, 0.15) is 18.1 Å². The number of hydrogen-bond donors (Lipinski definition) is 0. The number of aromatic nitrogens is 1. The molecule has 2 aliphatic heterocycles. The van der Waals surface area contributed by atoms with Crippen molar-refractivity contribution in [1.29, 1.82) is 0 Å². The predicted molar refractivity (Wildman–Crippen MR) is 108 cm³/mol. The van der Waals surface area contributed by atoms with Crippen molar-refractivity contribution in [2.24, 2.45) is 5.92 Å². The van der Waals surface area contributed by atoms with Gasteiger partial charge in [-0.05, 0) is 12.1 Å². The van der Waals surface area contributed by atoms with E-state index in [9.17, 15) is 9.59 Å². The molecule has 8 heteroatoms. The zero-order chi connectivity index (χ0) is 20.9. The Morgan fingerprint density at radius 3 is 2.60 bits per heavy atom. The minimum Gasteiger partial charge on any atom is -0.490 e. The summed E-state index contributed by atoms with van der Waals surface area (Å²) in [6.07, 6.45) is 2.23. The van der Waals surface area contributed by atoms with Gasteiger partial charge in [-0.1, -0.05) is 18.2 Å². The standard InChI is InChI=1S/C22H27N3O5/c1-16-23-19(15-29-16)22(27)25-8-7-20(30-18-5-3-2-4-6-18)17(14-25)13-21(26)24-9-11-28-12-10-24/h2-6,15,17,20H,7-14H2,1H3/t17-,20-/m0/s1. The first-order valence-electron chi connectivity index (χ1n) is 10.4. The quantitative estimate of drug-likeness (QED) is 0.747. The highest BCUT2D eigenvalue weighted by atomic mass is 16.5. The van der Waals surface area contributed by atoms with Gasteiger partial charge in [0.15, 0.2) is 11.6 Å². The Morgan fingerprint density at radius 2 is 1.90 bits per heavy atom. The smallest absolute Gasteiger partial charge is 0.275 e. The summed E-state index contributed by atoms with van der Waals surface area (Å²) >= 11 is 0. The minimum absolute atomic E-state index is 0.0801. The third-order valence-corrected chi connectivity index (χ3v) is 5.62. The van der Waals surface area contributed by atoms with E-state index >= 15 is 0 Å². The van der Waals surface area contributed by atoms with Crippen LogP contribution < -0.4 is 4.74 Å². The highest BCUT2D eigenvalue weighted by Crippen LogP contribution is 2.27. The van der Waals surface area contributed by atoms with Crippen molar-refractivity contribution in [2.75, 3.05) is 39.4 Å². The fourth-order valence-corrected chi connectivity index (χ4v) is 4.01. The molecule has 0 radical (unpaired) electrons. The second-order valence-corrected chi connectivity index (χ2v) is 7.72. The summed E-state index contributed by atoms with van der Waals surface area (Å²) in [5.41, 5.74) is 0.299. The number of rotatable bonds is 5. The summed E-state index contributed by atoms with van der Waals surface area (Å²) in [7, 11) is 0. The molecule has 4 rings (SSSR count). The van der Waals surface area contributed by atoms with Crippen LogP contribution in [-0.2, 0) is 9.53 Å². The zero-order valence-corrected chi connectivity index (χ0v) is 17.2.